The molecular formula is C16H22F3NO3S. The summed E-state index contributed by atoms with van der Waals surface area (Å²) in [5.74, 6) is -1.36. The molecule has 1 N–H and O–H groups in total. The van der Waals surface area contributed by atoms with Crippen molar-refractivity contribution in [2.45, 2.75) is 49.4 Å². The number of piperidine rings is 1. The van der Waals surface area contributed by atoms with Gasteiger partial charge in [0.05, 0.1) is 10.6 Å². The molecule has 1 aliphatic heterocycles. The molecule has 136 valence electrons. The molecule has 1 unspecified atom stereocenters. The number of hydrogen-bond acceptors (Lipinski definition) is 4. The number of likely N-dealkylation sites (tertiary alicyclic amines) is 1. The fourth-order valence-corrected chi connectivity index (χ4v) is 4.67. The van der Waals surface area contributed by atoms with E-state index in [0.29, 0.717) is 5.56 Å². The molecule has 1 aliphatic rings. The summed E-state index contributed by atoms with van der Waals surface area (Å²) in [6.07, 6.45) is -4.68. The lowest BCUT2D eigenvalue weighted by Gasteiger charge is -2.33. The Morgan fingerprint density at radius 3 is 2.33 bits per heavy atom. The van der Waals surface area contributed by atoms with Crippen molar-refractivity contribution in [3.05, 3.63) is 29.8 Å². The van der Waals surface area contributed by atoms with Crippen molar-refractivity contribution in [1.82, 2.24) is 4.90 Å². The maximum Gasteiger partial charge on any atom is 0.415 e. The molecule has 1 saturated heterocycles. The normalized spacial score (nSPS) is 19.9. The van der Waals surface area contributed by atoms with Gasteiger partial charge in [0.1, 0.15) is 0 Å². The maximum atomic E-state index is 12.5. The van der Waals surface area contributed by atoms with Crippen LogP contribution in [-0.2, 0) is 9.84 Å². The third-order valence-electron chi connectivity index (χ3n) is 4.40. The molecule has 24 heavy (non-hydrogen) atoms. The Morgan fingerprint density at radius 1 is 1.17 bits per heavy atom. The van der Waals surface area contributed by atoms with E-state index in [1.165, 1.54) is 12.1 Å². The molecule has 1 heterocycles. The van der Waals surface area contributed by atoms with Gasteiger partial charge >= 0.3 is 6.18 Å². The molecule has 2 atom stereocenters. The largest absolute Gasteiger partial charge is 0.415 e. The van der Waals surface area contributed by atoms with Gasteiger partial charge in [0, 0.05) is 6.04 Å². The van der Waals surface area contributed by atoms with Crippen LogP contribution in [0.4, 0.5) is 13.2 Å². The number of aliphatic hydroxyl groups excluding tert-OH is 1. The van der Waals surface area contributed by atoms with Crippen LogP contribution in [0, 0.1) is 0 Å². The van der Waals surface area contributed by atoms with E-state index in [-0.39, 0.29) is 10.9 Å². The zero-order valence-electron chi connectivity index (χ0n) is 13.5. The fourth-order valence-electron chi connectivity index (χ4n) is 3.00. The zero-order valence-corrected chi connectivity index (χ0v) is 14.3. The standard InChI is InChI=1S/C16H22F3NO3S/c1-12(20-9-5-2-6-10-20)13-7-3-4-8-14(13)24(22,23)11-15(21)16(17,18)19/h3-4,7-8,12,15,21H,2,5-6,9-11H2,1H3/t12-,15?/m0/s1. The van der Waals surface area contributed by atoms with Crippen molar-refractivity contribution in [2.75, 3.05) is 18.8 Å². The molecule has 0 radical (unpaired) electrons. The van der Waals surface area contributed by atoms with Crippen LogP contribution >= 0.6 is 0 Å². The molecule has 4 nitrogen and oxygen atoms in total. The molecule has 1 aromatic rings. The Morgan fingerprint density at radius 2 is 1.75 bits per heavy atom. The van der Waals surface area contributed by atoms with E-state index in [4.69, 9.17) is 5.11 Å². The van der Waals surface area contributed by atoms with Crippen LogP contribution in [0.3, 0.4) is 0 Å². The Hall–Kier alpha value is -1.12. The van der Waals surface area contributed by atoms with Crippen molar-refractivity contribution in [1.29, 1.82) is 0 Å². The minimum Gasteiger partial charge on any atom is -0.383 e. The topological polar surface area (TPSA) is 57.6 Å². The predicted molar refractivity (Wildman–Crippen MR) is 84.4 cm³/mol. The summed E-state index contributed by atoms with van der Waals surface area (Å²) in [6.45, 7) is 3.53. The fraction of sp³-hybridized carbons (Fsp3) is 0.625. The quantitative estimate of drug-likeness (QED) is 0.872. The molecule has 0 amide bonds. The Kier molecular flexibility index (Phi) is 5.93. The molecule has 0 bridgehead atoms. The first-order valence-electron chi connectivity index (χ1n) is 7.93. The lowest BCUT2D eigenvalue weighted by atomic mass is 10.0. The van der Waals surface area contributed by atoms with Crippen LogP contribution in [0.15, 0.2) is 29.2 Å². The van der Waals surface area contributed by atoms with E-state index in [9.17, 15) is 21.6 Å². The van der Waals surface area contributed by atoms with Gasteiger partial charge in [-0.2, -0.15) is 13.2 Å². The van der Waals surface area contributed by atoms with Crippen molar-refractivity contribution >= 4 is 9.84 Å². The lowest BCUT2D eigenvalue weighted by Crippen LogP contribution is -2.36. The SMILES string of the molecule is C[C@@H](c1ccccc1S(=O)(=O)CC(O)C(F)(F)F)N1CCCCC1. The third kappa shape index (κ3) is 4.49. The third-order valence-corrected chi connectivity index (χ3v) is 6.19. The van der Waals surface area contributed by atoms with E-state index in [1.54, 1.807) is 12.1 Å². The zero-order chi connectivity index (χ0) is 18.0. The Labute approximate surface area is 140 Å². The van der Waals surface area contributed by atoms with Crippen molar-refractivity contribution in [2.24, 2.45) is 0 Å². The molecule has 0 spiro atoms. The van der Waals surface area contributed by atoms with Gasteiger partial charge < -0.3 is 5.11 Å². The summed E-state index contributed by atoms with van der Waals surface area (Å²) < 4.78 is 62.4. The Balaban J connectivity index is 2.30. The van der Waals surface area contributed by atoms with Gasteiger partial charge in [-0.05, 0) is 44.5 Å². The highest BCUT2D eigenvalue weighted by atomic mass is 32.2. The lowest BCUT2D eigenvalue weighted by molar-refractivity contribution is -0.196. The van der Waals surface area contributed by atoms with Crippen LogP contribution < -0.4 is 0 Å². The average Bonchev–Trinajstić information content (AvgIpc) is 2.53. The van der Waals surface area contributed by atoms with Gasteiger partial charge in [-0.1, -0.05) is 24.6 Å². The molecule has 2 rings (SSSR count). The van der Waals surface area contributed by atoms with Crippen LogP contribution in [-0.4, -0.2) is 49.5 Å². The monoisotopic (exact) mass is 365 g/mol. The van der Waals surface area contributed by atoms with E-state index >= 15 is 0 Å². The summed E-state index contributed by atoms with van der Waals surface area (Å²) in [5, 5.41) is 9.15. The number of hydrogen-bond donors (Lipinski definition) is 1. The molecular weight excluding hydrogens is 343 g/mol. The molecule has 0 saturated carbocycles. The first-order valence-corrected chi connectivity index (χ1v) is 9.58. The highest BCUT2D eigenvalue weighted by Gasteiger charge is 2.42. The van der Waals surface area contributed by atoms with Crippen LogP contribution in [0.25, 0.3) is 0 Å². The molecule has 8 heteroatoms. The summed E-state index contributed by atoms with van der Waals surface area (Å²) >= 11 is 0. The van der Waals surface area contributed by atoms with Gasteiger partial charge in [-0.25, -0.2) is 8.42 Å². The van der Waals surface area contributed by atoms with Gasteiger partial charge in [0.15, 0.2) is 15.9 Å². The van der Waals surface area contributed by atoms with Gasteiger partial charge in [0.2, 0.25) is 0 Å². The second kappa shape index (κ2) is 7.41. The van der Waals surface area contributed by atoms with Crippen LogP contribution in [0.2, 0.25) is 0 Å². The summed E-state index contributed by atoms with van der Waals surface area (Å²) in [5.41, 5.74) is 0.480. The minimum absolute atomic E-state index is 0.133. The first kappa shape index (κ1) is 19.2. The highest BCUT2D eigenvalue weighted by molar-refractivity contribution is 7.91. The minimum atomic E-state index is -4.96. The van der Waals surface area contributed by atoms with E-state index in [2.05, 4.69) is 4.90 Å². The second-order valence-electron chi connectivity index (χ2n) is 6.15. The molecule has 0 aliphatic carbocycles. The first-order chi connectivity index (χ1) is 11.1. The van der Waals surface area contributed by atoms with E-state index in [1.807, 2.05) is 6.92 Å². The van der Waals surface area contributed by atoms with Gasteiger partial charge in [0.25, 0.3) is 0 Å². The second-order valence-corrected chi connectivity index (χ2v) is 8.15. The smallest absolute Gasteiger partial charge is 0.383 e. The van der Waals surface area contributed by atoms with Gasteiger partial charge in [-0.3, -0.25) is 4.90 Å². The Bertz CT molecular complexity index is 655. The number of aliphatic hydroxyl groups is 1. The predicted octanol–water partition coefficient (Wildman–Crippen LogP) is 2.93. The summed E-state index contributed by atoms with van der Waals surface area (Å²) in [4.78, 5) is 2.00. The van der Waals surface area contributed by atoms with E-state index in [0.717, 1.165) is 32.4 Å². The van der Waals surface area contributed by atoms with Crippen molar-refractivity contribution in [3.8, 4) is 0 Å². The molecule has 1 fully saturated rings. The van der Waals surface area contributed by atoms with Crippen molar-refractivity contribution in [3.63, 3.8) is 0 Å². The average molecular weight is 365 g/mol. The summed E-state index contributed by atoms with van der Waals surface area (Å²) in [7, 11) is -4.25. The number of sulfone groups is 1. The number of rotatable bonds is 5. The van der Waals surface area contributed by atoms with E-state index < -0.39 is 27.9 Å². The maximum absolute atomic E-state index is 12.5. The highest BCUT2D eigenvalue weighted by Crippen LogP contribution is 2.31. The van der Waals surface area contributed by atoms with Crippen LogP contribution in [0.5, 0.6) is 0 Å². The number of alkyl halides is 3. The van der Waals surface area contributed by atoms with Crippen molar-refractivity contribution < 1.29 is 26.7 Å². The number of halogens is 3. The number of benzene rings is 1. The van der Waals surface area contributed by atoms with Gasteiger partial charge in [-0.15, -0.1) is 0 Å². The summed E-state index contributed by atoms with van der Waals surface area (Å²) in [6, 6.07) is 5.90. The number of nitrogens with zero attached hydrogens (tertiary/aromatic N) is 1. The molecule has 1 aromatic carbocycles. The van der Waals surface area contributed by atoms with Crippen LogP contribution in [0.1, 0.15) is 37.8 Å². The molecule has 0 aromatic heterocycles.